The van der Waals surface area contributed by atoms with Crippen LogP contribution >= 0.6 is 11.3 Å². The molecule has 114 valence electrons. The zero-order chi connectivity index (χ0) is 15.5. The van der Waals surface area contributed by atoms with E-state index in [1.807, 2.05) is 30.0 Å². The molecule has 1 heterocycles. The number of carbonyl (C=O) groups is 1. The fourth-order valence-corrected chi connectivity index (χ4v) is 3.36. The number of halogens is 1. The highest BCUT2D eigenvalue weighted by molar-refractivity contribution is 7.16. The van der Waals surface area contributed by atoms with Crippen molar-refractivity contribution in [2.75, 3.05) is 6.54 Å². The van der Waals surface area contributed by atoms with Crippen LogP contribution in [0.25, 0.3) is 16.5 Å². The van der Waals surface area contributed by atoms with Gasteiger partial charge in [0.2, 0.25) is 5.91 Å². The van der Waals surface area contributed by atoms with Crippen LogP contribution in [0.4, 0.5) is 4.39 Å². The SMILES string of the molecule is CCN(C(=O)/C=C/c1ccc(-c2ccc(F)cc2)s1)C1CC1. The largest absolute Gasteiger partial charge is 0.336 e. The summed E-state index contributed by atoms with van der Waals surface area (Å²) in [4.78, 5) is 16.2. The number of hydrogen-bond donors (Lipinski definition) is 0. The standard InChI is InChI=1S/C18H18FNOS/c1-2-20(15-7-8-15)18(21)12-10-16-9-11-17(22-16)13-3-5-14(19)6-4-13/h3-6,9-12,15H,2,7-8H2,1H3/b12-10+. The summed E-state index contributed by atoms with van der Waals surface area (Å²) in [6.07, 6.45) is 5.77. The molecule has 0 spiro atoms. The molecule has 1 aromatic heterocycles. The van der Waals surface area contributed by atoms with Gasteiger partial charge >= 0.3 is 0 Å². The van der Waals surface area contributed by atoms with E-state index >= 15 is 0 Å². The summed E-state index contributed by atoms with van der Waals surface area (Å²) in [5, 5.41) is 0. The van der Waals surface area contributed by atoms with Gasteiger partial charge in [-0.1, -0.05) is 12.1 Å². The summed E-state index contributed by atoms with van der Waals surface area (Å²) in [5.74, 6) is -0.146. The maximum Gasteiger partial charge on any atom is 0.246 e. The second kappa shape index (κ2) is 6.44. The van der Waals surface area contributed by atoms with Crippen LogP contribution in [0.2, 0.25) is 0 Å². The van der Waals surface area contributed by atoms with E-state index in [1.54, 1.807) is 29.5 Å². The quantitative estimate of drug-likeness (QED) is 0.740. The average molecular weight is 315 g/mol. The number of amides is 1. The molecule has 22 heavy (non-hydrogen) atoms. The molecule has 1 aromatic carbocycles. The molecule has 0 bridgehead atoms. The molecule has 0 radical (unpaired) electrons. The first-order chi connectivity index (χ1) is 10.7. The van der Waals surface area contributed by atoms with Crippen LogP contribution in [0.5, 0.6) is 0 Å². The molecule has 0 atom stereocenters. The van der Waals surface area contributed by atoms with Crippen LogP contribution in [-0.4, -0.2) is 23.4 Å². The monoisotopic (exact) mass is 315 g/mol. The number of nitrogens with zero attached hydrogens (tertiary/aromatic N) is 1. The third-order valence-electron chi connectivity index (χ3n) is 3.76. The molecule has 1 aliphatic rings. The number of carbonyl (C=O) groups excluding carboxylic acids is 1. The first-order valence-electron chi connectivity index (χ1n) is 7.52. The second-order valence-corrected chi connectivity index (χ2v) is 6.51. The Morgan fingerprint density at radius 1 is 1.27 bits per heavy atom. The Bertz CT molecular complexity index is 685. The minimum absolute atomic E-state index is 0.0849. The lowest BCUT2D eigenvalue weighted by molar-refractivity contribution is -0.126. The van der Waals surface area contributed by atoms with E-state index in [1.165, 1.54) is 12.1 Å². The Hall–Kier alpha value is -1.94. The van der Waals surface area contributed by atoms with Crippen molar-refractivity contribution in [2.24, 2.45) is 0 Å². The van der Waals surface area contributed by atoms with Gasteiger partial charge in [-0.05, 0) is 55.7 Å². The molecule has 0 N–H and O–H groups in total. The molecule has 0 saturated heterocycles. The third-order valence-corrected chi connectivity index (χ3v) is 4.86. The van der Waals surface area contributed by atoms with Crippen molar-refractivity contribution in [3.8, 4) is 10.4 Å². The Labute approximate surface area is 133 Å². The molecule has 1 saturated carbocycles. The summed E-state index contributed by atoms with van der Waals surface area (Å²) < 4.78 is 12.9. The van der Waals surface area contributed by atoms with E-state index < -0.39 is 0 Å². The topological polar surface area (TPSA) is 20.3 Å². The molecule has 2 aromatic rings. The van der Waals surface area contributed by atoms with Crippen LogP contribution in [0, 0.1) is 5.82 Å². The van der Waals surface area contributed by atoms with Gasteiger partial charge in [-0.15, -0.1) is 11.3 Å². The highest BCUT2D eigenvalue weighted by Crippen LogP contribution is 2.30. The van der Waals surface area contributed by atoms with E-state index in [0.717, 1.165) is 34.7 Å². The van der Waals surface area contributed by atoms with Crippen molar-refractivity contribution in [3.05, 3.63) is 53.2 Å². The lowest BCUT2D eigenvalue weighted by Crippen LogP contribution is -2.31. The van der Waals surface area contributed by atoms with Crippen molar-refractivity contribution in [3.63, 3.8) is 0 Å². The molecule has 1 aliphatic carbocycles. The summed E-state index contributed by atoms with van der Waals surface area (Å²) in [5.41, 5.74) is 0.991. The molecule has 1 amide bonds. The predicted molar refractivity (Wildman–Crippen MR) is 89.2 cm³/mol. The molecule has 1 fully saturated rings. The van der Waals surface area contributed by atoms with Crippen LogP contribution in [0.15, 0.2) is 42.5 Å². The van der Waals surface area contributed by atoms with Crippen LogP contribution in [0.1, 0.15) is 24.6 Å². The highest BCUT2D eigenvalue weighted by atomic mass is 32.1. The van der Waals surface area contributed by atoms with E-state index in [-0.39, 0.29) is 11.7 Å². The molecule has 2 nitrogen and oxygen atoms in total. The van der Waals surface area contributed by atoms with Gasteiger partial charge in [0.1, 0.15) is 5.82 Å². The molecular weight excluding hydrogens is 297 g/mol. The highest BCUT2D eigenvalue weighted by Gasteiger charge is 2.30. The molecule has 0 unspecified atom stereocenters. The predicted octanol–water partition coefficient (Wildman–Crippen LogP) is 4.58. The van der Waals surface area contributed by atoms with Crippen molar-refractivity contribution in [1.29, 1.82) is 0 Å². The molecule has 0 aliphatic heterocycles. The normalized spacial score (nSPS) is 14.5. The zero-order valence-electron chi connectivity index (χ0n) is 12.5. The third kappa shape index (κ3) is 3.45. The minimum atomic E-state index is -0.231. The Morgan fingerprint density at radius 2 is 2.00 bits per heavy atom. The van der Waals surface area contributed by atoms with Gasteiger partial charge in [-0.2, -0.15) is 0 Å². The Kier molecular flexibility index (Phi) is 4.39. The average Bonchev–Trinajstić information content (AvgIpc) is 3.24. The Balaban J connectivity index is 1.69. The van der Waals surface area contributed by atoms with Gasteiger partial charge in [0, 0.05) is 28.4 Å². The summed E-state index contributed by atoms with van der Waals surface area (Å²) in [6, 6.07) is 10.9. The van der Waals surface area contributed by atoms with Crippen molar-refractivity contribution < 1.29 is 9.18 Å². The van der Waals surface area contributed by atoms with Crippen molar-refractivity contribution >= 4 is 23.3 Å². The van der Waals surface area contributed by atoms with Crippen LogP contribution < -0.4 is 0 Å². The second-order valence-electron chi connectivity index (χ2n) is 5.40. The minimum Gasteiger partial charge on any atom is -0.336 e. The van der Waals surface area contributed by atoms with Crippen LogP contribution in [0.3, 0.4) is 0 Å². The summed E-state index contributed by atoms with van der Waals surface area (Å²) >= 11 is 1.60. The van der Waals surface area contributed by atoms with Gasteiger partial charge in [-0.25, -0.2) is 4.39 Å². The molecular formula is C18H18FNOS. The van der Waals surface area contributed by atoms with Gasteiger partial charge < -0.3 is 4.90 Å². The first-order valence-corrected chi connectivity index (χ1v) is 8.33. The van der Waals surface area contributed by atoms with E-state index in [2.05, 4.69) is 0 Å². The number of hydrogen-bond acceptors (Lipinski definition) is 2. The maximum atomic E-state index is 12.9. The van der Waals surface area contributed by atoms with Crippen molar-refractivity contribution in [1.82, 2.24) is 4.90 Å². The number of likely N-dealkylation sites (N-methyl/N-ethyl adjacent to an activating group) is 1. The lowest BCUT2D eigenvalue weighted by atomic mass is 10.2. The van der Waals surface area contributed by atoms with Gasteiger partial charge in [-0.3, -0.25) is 4.79 Å². The number of rotatable bonds is 5. The van der Waals surface area contributed by atoms with Gasteiger partial charge in [0.25, 0.3) is 0 Å². The van der Waals surface area contributed by atoms with Gasteiger partial charge in [0.05, 0.1) is 0 Å². The Morgan fingerprint density at radius 3 is 2.64 bits per heavy atom. The fourth-order valence-electron chi connectivity index (χ4n) is 2.44. The number of thiophene rings is 1. The summed E-state index contributed by atoms with van der Waals surface area (Å²) in [7, 11) is 0. The smallest absolute Gasteiger partial charge is 0.246 e. The lowest BCUT2D eigenvalue weighted by Gasteiger charge is -2.17. The molecule has 3 rings (SSSR count). The fraction of sp³-hybridized carbons (Fsp3) is 0.278. The maximum absolute atomic E-state index is 12.9. The van der Waals surface area contributed by atoms with Crippen molar-refractivity contribution in [2.45, 2.75) is 25.8 Å². The van der Waals surface area contributed by atoms with Crippen LogP contribution in [-0.2, 0) is 4.79 Å². The van der Waals surface area contributed by atoms with Gasteiger partial charge in [0.15, 0.2) is 0 Å². The van der Waals surface area contributed by atoms with E-state index in [0.29, 0.717) is 6.04 Å². The summed E-state index contributed by atoms with van der Waals surface area (Å²) in [6.45, 7) is 2.78. The van der Waals surface area contributed by atoms with E-state index in [9.17, 15) is 9.18 Å². The zero-order valence-corrected chi connectivity index (χ0v) is 13.3. The molecule has 4 heteroatoms. The van der Waals surface area contributed by atoms with E-state index in [4.69, 9.17) is 0 Å². The first kappa shape index (κ1) is 15.0. The number of benzene rings is 1.